The number of nitrogens with two attached hydrogens (primary N) is 1. The summed E-state index contributed by atoms with van der Waals surface area (Å²) >= 11 is 0. The van der Waals surface area contributed by atoms with E-state index in [9.17, 15) is 4.79 Å². The van der Waals surface area contributed by atoms with Crippen LogP contribution >= 0.6 is 0 Å². The molecule has 15 heavy (non-hydrogen) atoms. The maximum Gasteiger partial charge on any atom is 0.228 e. The molecule has 1 saturated carbocycles. The maximum atomic E-state index is 12.3. The van der Waals surface area contributed by atoms with E-state index in [4.69, 9.17) is 5.73 Å². The van der Waals surface area contributed by atoms with Crippen LogP contribution in [0.2, 0.25) is 0 Å². The van der Waals surface area contributed by atoms with Crippen molar-refractivity contribution in [1.82, 2.24) is 4.90 Å². The van der Waals surface area contributed by atoms with E-state index >= 15 is 0 Å². The summed E-state index contributed by atoms with van der Waals surface area (Å²) in [6.07, 6.45) is 5.59. The molecule has 2 aliphatic rings. The normalized spacial score (nSPS) is 27.5. The van der Waals surface area contributed by atoms with E-state index < -0.39 is 0 Å². The molecule has 0 atom stereocenters. The zero-order chi connectivity index (χ0) is 11.1. The molecule has 0 bridgehead atoms. The molecular weight excluding hydrogens is 188 g/mol. The van der Waals surface area contributed by atoms with Crippen molar-refractivity contribution < 1.29 is 4.79 Å². The molecule has 1 saturated heterocycles. The molecular formula is C12H22N2O. The van der Waals surface area contributed by atoms with Crippen LogP contribution in [0, 0.1) is 5.41 Å². The Labute approximate surface area is 92.0 Å². The minimum absolute atomic E-state index is 0.0312. The van der Waals surface area contributed by atoms with Gasteiger partial charge in [-0.1, -0.05) is 19.8 Å². The van der Waals surface area contributed by atoms with Gasteiger partial charge in [0.05, 0.1) is 0 Å². The van der Waals surface area contributed by atoms with Crippen LogP contribution in [0.4, 0.5) is 0 Å². The third kappa shape index (κ3) is 1.78. The van der Waals surface area contributed by atoms with Crippen molar-refractivity contribution in [2.45, 2.75) is 51.5 Å². The highest BCUT2D eigenvalue weighted by molar-refractivity contribution is 5.84. The smallest absolute Gasteiger partial charge is 0.228 e. The molecule has 0 spiro atoms. The molecule has 1 aliphatic carbocycles. The Hall–Kier alpha value is -0.570. The first-order chi connectivity index (χ1) is 6.99. The van der Waals surface area contributed by atoms with Gasteiger partial charge in [0.2, 0.25) is 5.91 Å². The van der Waals surface area contributed by atoms with Gasteiger partial charge in [-0.2, -0.15) is 0 Å². The van der Waals surface area contributed by atoms with Crippen LogP contribution in [-0.2, 0) is 4.79 Å². The molecule has 3 heteroatoms. The highest BCUT2D eigenvalue weighted by atomic mass is 16.2. The fourth-order valence-corrected chi connectivity index (χ4v) is 3.08. The van der Waals surface area contributed by atoms with Gasteiger partial charge in [0.25, 0.3) is 0 Å². The quantitative estimate of drug-likeness (QED) is 0.751. The van der Waals surface area contributed by atoms with Crippen LogP contribution in [0.25, 0.3) is 0 Å². The van der Waals surface area contributed by atoms with Crippen LogP contribution in [0.5, 0.6) is 0 Å². The van der Waals surface area contributed by atoms with Crippen molar-refractivity contribution >= 4 is 5.91 Å². The summed E-state index contributed by atoms with van der Waals surface area (Å²) in [5.41, 5.74) is 5.77. The maximum absolute atomic E-state index is 12.3. The van der Waals surface area contributed by atoms with Gasteiger partial charge in [-0.25, -0.2) is 0 Å². The number of hydrogen-bond acceptors (Lipinski definition) is 2. The van der Waals surface area contributed by atoms with Gasteiger partial charge in [0.1, 0.15) is 0 Å². The Kier molecular flexibility index (Phi) is 2.53. The summed E-state index contributed by atoms with van der Waals surface area (Å²) in [4.78, 5) is 14.3. The van der Waals surface area contributed by atoms with Gasteiger partial charge < -0.3 is 10.6 Å². The predicted octanol–water partition coefficient (Wildman–Crippen LogP) is 1.52. The molecule has 0 aromatic carbocycles. The van der Waals surface area contributed by atoms with Crippen molar-refractivity contribution in [1.29, 1.82) is 0 Å². The Morgan fingerprint density at radius 3 is 2.27 bits per heavy atom. The first-order valence-electron chi connectivity index (χ1n) is 6.07. The fourth-order valence-electron chi connectivity index (χ4n) is 3.08. The van der Waals surface area contributed by atoms with Crippen molar-refractivity contribution in [2.24, 2.45) is 11.1 Å². The minimum atomic E-state index is -0.136. The first-order valence-corrected chi connectivity index (χ1v) is 6.07. The minimum Gasteiger partial charge on any atom is -0.338 e. The van der Waals surface area contributed by atoms with E-state index in [-0.39, 0.29) is 11.0 Å². The van der Waals surface area contributed by atoms with Crippen LogP contribution in [0.3, 0.4) is 0 Å². The zero-order valence-corrected chi connectivity index (χ0v) is 9.88. The van der Waals surface area contributed by atoms with Gasteiger partial charge in [-0.15, -0.1) is 0 Å². The van der Waals surface area contributed by atoms with Gasteiger partial charge in [-0.05, 0) is 26.2 Å². The van der Waals surface area contributed by atoms with E-state index in [0.717, 1.165) is 32.4 Å². The van der Waals surface area contributed by atoms with Gasteiger partial charge in [0, 0.05) is 24.0 Å². The molecule has 2 fully saturated rings. The first kappa shape index (κ1) is 10.9. The van der Waals surface area contributed by atoms with E-state index in [1.165, 1.54) is 12.8 Å². The summed E-state index contributed by atoms with van der Waals surface area (Å²) in [7, 11) is 0. The Bertz CT molecular complexity index is 259. The largest absolute Gasteiger partial charge is 0.338 e. The standard InChI is InChI=1S/C12H22N2O/c1-3-12(6-4-5-7-12)10(15)14-8-11(2,13)9-14/h3-9,13H2,1-2H3. The van der Waals surface area contributed by atoms with Crippen LogP contribution in [0.15, 0.2) is 0 Å². The van der Waals surface area contributed by atoms with Gasteiger partial charge >= 0.3 is 0 Å². The average Bonchev–Trinajstić information content (AvgIpc) is 2.62. The lowest BCUT2D eigenvalue weighted by Crippen LogP contribution is -2.68. The second kappa shape index (κ2) is 3.48. The lowest BCUT2D eigenvalue weighted by Gasteiger charge is -2.48. The van der Waals surface area contributed by atoms with E-state index in [2.05, 4.69) is 6.92 Å². The monoisotopic (exact) mass is 210 g/mol. The number of carbonyl (C=O) groups is 1. The summed E-state index contributed by atoms with van der Waals surface area (Å²) in [6.45, 7) is 5.65. The highest BCUT2D eigenvalue weighted by Crippen LogP contribution is 2.43. The summed E-state index contributed by atoms with van der Waals surface area (Å²) in [5, 5.41) is 0. The molecule has 2 N–H and O–H groups in total. The Morgan fingerprint density at radius 2 is 1.87 bits per heavy atom. The predicted molar refractivity (Wildman–Crippen MR) is 60.4 cm³/mol. The number of hydrogen-bond donors (Lipinski definition) is 1. The molecule has 0 aromatic heterocycles. The lowest BCUT2D eigenvalue weighted by molar-refractivity contribution is -0.149. The SMILES string of the molecule is CCC1(C(=O)N2CC(C)(N)C2)CCCC1. The van der Waals surface area contributed by atoms with Crippen molar-refractivity contribution in [3.05, 3.63) is 0 Å². The number of likely N-dealkylation sites (tertiary alicyclic amines) is 1. The van der Waals surface area contributed by atoms with Gasteiger partial charge in [-0.3, -0.25) is 4.79 Å². The Balaban J connectivity index is 2.01. The Morgan fingerprint density at radius 1 is 1.33 bits per heavy atom. The molecule has 86 valence electrons. The second-order valence-electron chi connectivity index (χ2n) is 5.66. The topological polar surface area (TPSA) is 46.3 Å². The summed E-state index contributed by atoms with van der Waals surface area (Å²) in [6, 6.07) is 0. The molecule has 1 heterocycles. The van der Waals surface area contributed by atoms with Gasteiger partial charge in [0.15, 0.2) is 0 Å². The average molecular weight is 210 g/mol. The molecule has 1 amide bonds. The molecule has 1 aliphatic heterocycles. The number of amides is 1. The van der Waals surface area contributed by atoms with Crippen LogP contribution in [-0.4, -0.2) is 29.4 Å². The molecule has 0 unspecified atom stereocenters. The van der Waals surface area contributed by atoms with Crippen LogP contribution in [0.1, 0.15) is 46.0 Å². The molecule has 0 aromatic rings. The number of rotatable bonds is 2. The number of carbonyl (C=O) groups excluding carboxylic acids is 1. The second-order valence-corrected chi connectivity index (χ2v) is 5.66. The van der Waals surface area contributed by atoms with Crippen molar-refractivity contribution in [3.8, 4) is 0 Å². The summed E-state index contributed by atoms with van der Waals surface area (Å²) in [5.74, 6) is 0.366. The van der Waals surface area contributed by atoms with Crippen molar-refractivity contribution in [2.75, 3.05) is 13.1 Å². The fraction of sp³-hybridized carbons (Fsp3) is 0.917. The molecule has 2 rings (SSSR count). The van der Waals surface area contributed by atoms with Crippen molar-refractivity contribution in [3.63, 3.8) is 0 Å². The zero-order valence-electron chi connectivity index (χ0n) is 9.88. The summed E-state index contributed by atoms with van der Waals surface area (Å²) < 4.78 is 0. The highest BCUT2D eigenvalue weighted by Gasteiger charge is 2.47. The molecule has 3 nitrogen and oxygen atoms in total. The number of nitrogens with zero attached hydrogens (tertiary/aromatic N) is 1. The molecule has 0 radical (unpaired) electrons. The third-order valence-corrected chi connectivity index (χ3v) is 4.08. The van der Waals surface area contributed by atoms with Crippen LogP contribution < -0.4 is 5.73 Å². The lowest BCUT2D eigenvalue weighted by atomic mass is 9.79. The van der Waals surface area contributed by atoms with E-state index in [1.807, 2.05) is 11.8 Å². The van der Waals surface area contributed by atoms with E-state index in [1.54, 1.807) is 0 Å². The van der Waals surface area contributed by atoms with E-state index in [0.29, 0.717) is 5.91 Å². The third-order valence-electron chi connectivity index (χ3n) is 4.08.